The van der Waals surface area contributed by atoms with E-state index in [-0.39, 0.29) is 0 Å². The zero-order chi connectivity index (χ0) is 8.69. The van der Waals surface area contributed by atoms with Gasteiger partial charge in [0.15, 0.2) is 7.85 Å². The predicted molar refractivity (Wildman–Crippen MR) is 57.3 cm³/mol. The van der Waals surface area contributed by atoms with E-state index in [0.717, 1.165) is 10.1 Å². The van der Waals surface area contributed by atoms with Gasteiger partial charge in [0.25, 0.3) is 0 Å². The van der Waals surface area contributed by atoms with E-state index >= 15 is 0 Å². The van der Waals surface area contributed by atoms with Crippen LogP contribution in [0.1, 0.15) is 6.92 Å². The topological polar surface area (TPSA) is 0 Å². The van der Waals surface area contributed by atoms with Gasteiger partial charge in [0, 0.05) is 10.1 Å². The summed E-state index contributed by atoms with van der Waals surface area (Å²) >= 11 is 3.32. The lowest BCUT2D eigenvalue weighted by atomic mass is 10.1. The van der Waals surface area contributed by atoms with E-state index in [1.54, 1.807) is 6.08 Å². The van der Waals surface area contributed by atoms with Gasteiger partial charge in [0.1, 0.15) is 0 Å². The van der Waals surface area contributed by atoms with Gasteiger partial charge in [-0.1, -0.05) is 40.6 Å². The van der Waals surface area contributed by atoms with Crippen LogP contribution in [0.2, 0.25) is 0 Å². The van der Waals surface area contributed by atoms with E-state index in [2.05, 4.69) is 34.2 Å². The molecule has 0 amide bonds. The molecule has 0 spiro atoms. The highest BCUT2D eigenvalue weighted by Crippen LogP contribution is 2.09. The van der Waals surface area contributed by atoms with Gasteiger partial charge in [0.2, 0.25) is 0 Å². The average Bonchev–Trinajstić information content (AvgIpc) is 2.03. The van der Waals surface area contributed by atoms with Crippen molar-refractivity contribution in [3.8, 4) is 11.7 Å². The quantitative estimate of drug-likeness (QED) is 0.370. The largest absolute Gasteiger partial charge is 0.196 e. The van der Waals surface area contributed by atoms with Crippen molar-refractivity contribution in [2.75, 3.05) is 0 Å². The second-order valence-electron chi connectivity index (χ2n) is 1.85. The molecule has 0 rings (SSSR count). The summed E-state index contributed by atoms with van der Waals surface area (Å²) in [7, 11) is 1.82. The normalized spacial score (nSPS) is 11.8. The number of allylic oxidation sites excluding steroid dienone is 5. The molecule has 0 heterocycles. The first kappa shape index (κ1) is 10.3. The minimum atomic E-state index is 0.952. The van der Waals surface area contributed by atoms with E-state index in [1.165, 1.54) is 0 Å². The summed E-state index contributed by atoms with van der Waals surface area (Å²) in [6, 6.07) is 0. The van der Waals surface area contributed by atoms with Crippen molar-refractivity contribution in [1.29, 1.82) is 0 Å². The molecule has 0 bridgehead atoms. The molecule has 0 radical (unpaired) electrons. The summed E-state index contributed by atoms with van der Waals surface area (Å²) in [5.74, 6) is 5.78. The molecule has 11 heavy (non-hydrogen) atoms. The Kier molecular flexibility index (Phi) is 5.69. The molecule has 0 nitrogen and oxygen atoms in total. The van der Waals surface area contributed by atoms with Crippen molar-refractivity contribution in [1.82, 2.24) is 0 Å². The van der Waals surface area contributed by atoms with Crippen molar-refractivity contribution in [3.05, 3.63) is 34.9 Å². The van der Waals surface area contributed by atoms with Crippen LogP contribution in [0, 0.1) is 11.7 Å². The van der Waals surface area contributed by atoms with Crippen molar-refractivity contribution in [2.45, 2.75) is 6.92 Å². The molecule has 0 N–H and O–H groups in total. The van der Waals surface area contributed by atoms with E-state index in [9.17, 15) is 0 Å². The summed E-state index contributed by atoms with van der Waals surface area (Å²) in [6.07, 6.45) is 5.63. The van der Waals surface area contributed by atoms with Crippen LogP contribution < -0.4 is 0 Å². The van der Waals surface area contributed by atoms with Crippen LogP contribution in [0.3, 0.4) is 0 Å². The molecule has 0 saturated carbocycles. The Morgan fingerprint density at radius 3 is 2.64 bits per heavy atom. The van der Waals surface area contributed by atoms with E-state index in [1.807, 2.05) is 26.9 Å². The van der Waals surface area contributed by atoms with Gasteiger partial charge in [-0.2, -0.15) is 5.82 Å². The molecule has 0 atom stereocenters. The first-order valence-corrected chi connectivity index (χ1v) is 4.12. The van der Waals surface area contributed by atoms with Crippen LogP contribution in [-0.2, 0) is 0 Å². The third-order valence-electron chi connectivity index (χ3n) is 1.07. The average molecular weight is 209 g/mol. The van der Waals surface area contributed by atoms with Gasteiger partial charge in [-0.25, -0.2) is 0 Å². The van der Waals surface area contributed by atoms with E-state index in [0.29, 0.717) is 0 Å². The lowest BCUT2D eigenvalue weighted by molar-refractivity contribution is 1.64. The van der Waals surface area contributed by atoms with Gasteiger partial charge >= 0.3 is 0 Å². The van der Waals surface area contributed by atoms with Crippen LogP contribution in [0.5, 0.6) is 0 Å². The summed E-state index contributed by atoms with van der Waals surface area (Å²) in [6.45, 7) is 5.58. The summed E-state index contributed by atoms with van der Waals surface area (Å²) in [5, 5.41) is 0. The van der Waals surface area contributed by atoms with Gasteiger partial charge in [-0.3, -0.25) is 0 Å². The van der Waals surface area contributed by atoms with E-state index in [4.69, 9.17) is 0 Å². The molecule has 0 aromatic rings. The number of halogens is 1. The van der Waals surface area contributed by atoms with Crippen molar-refractivity contribution in [2.24, 2.45) is 0 Å². The van der Waals surface area contributed by atoms with Crippen LogP contribution in [0.25, 0.3) is 0 Å². The minimum Gasteiger partial charge on any atom is -0.160 e. The second-order valence-corrected chi connectivity index (χ2v) is 2.77. The molecule has 0 aromatic carbocycles. The fourth-order valence-corrected chi connectivity index (χ4v) is 0.790. The fraction of sp³-hybridized carbons (Fsp3) is 0.111. The Morgan fingerprint density at radius 1 is 1.64 bits per heavy atom. The first-order chi connectivity index (χ1) is 5.24. The molecule has 0 aromatic heterocycles. The maximum absolute atomic E-state index is 3.62. The SMILES string of the molecule is BC#CC(/C=C(/Br)C=C)=C/C. The smallest absolute Gasteiger partial charge is 0.160 e. The molecule has 56 valence electrons. The van der Waals surface area contributed by atoms with E-state index < -0.39 is 0 Å². The van der Waals surface area contributed by atoms with Crippen molar-refractivity contribution in [3.63, 3.8) is 0 Å². The van der Waals surface area contributed by atoms with Crippen LogP contribution in [0.4, 0.5) is 0 Å². The van der Waals surface area contributed by atoms with Crippen LogP contribution >= 0.6 is 15.9 Å². The Bertz CT molecular complexity index is 250. The highest BCUT2D eigenvalue weighted by atomic mass is 79.9. The Morgan fingerprint density at radius 2 is 2.27 bits per heavy atom. The lowest BCUT2D eigenvalue weighted by Gasteiger charge is -1.89. The molecule has 0 unspecified atom stereocenters. The zero-order valence-corrected chi connectivity index (χ0v) is 8.40. The Balaban J connectivity index is 4.53. The van der Waals surface area contributed by atoms with Crippen molar-refractivity contribution >= 4 is 23.8 Å². The Labute approximate surface area is 77.6 Å². The third-order valence-corrected chi connectivity index (χ3v) is 1.62. The molecular weight excluding hydrogens is 199 g/mol. The van der Waals surface area contributed by atoms with Gasteiger partial charge in [0.05, 0.1) is 0 Å². The Hall–Kier alpha value is -0.675. The highest BCUT2D eigenvalue weighted by Gasteiger charge is 1.85. The number of rotatable bonds is 2. The predicted octanol–water partition coefficient (Wildman–Crippen LogP) is 1.99. The summed E-state index contributed by atoms with van der Waals surface area (Å²) in [5.41, 5.74) is 0.999. The minimum absolute atomic E-state index is 0.952. The lowest BCUT2D eigenvalue weighted by Crippen LogP contribution is -1.72. The fourth-order valence-electron chi connectivity index (χ4n) is 0.543. The molecule has 2 heteroatoms. The summed E-state index contributed by atoms with van der Waals surface area (Å²) in [4.78, 5) is 0. The maximum Gasteiger partial charge on any atom is 0.196 e. The molecule has 0 fully saturated rings. The summed E-state index contributed by atoms with van der Waals surface area (Å²) < 4.78 is 0.952. The van der Waals surface area contributed by atoms with Crippen LogP contribution in [0.15, 0.2) is 34.9 Å². The van der Waals surface area contributed by atoms with Gasteiger partial charge < -0.3 is 0 Å². The highest BCUT2D eigenvalue weighted by molar-refractivity contribution is 9.11. The molecule has 0 aliphatic rings. The monoisotopic (exact) mass is 208 g/mol. The standard InChI is InChI=1S/C9H10BBr/c1-3-8(5-6-10)7-9(11)4-2/h3-4,7H,2,10H2,1H3/b8-3-,9-7+. The van der Waals surface area contributed by atoms with Gasteiger partial charge in [-0.05, 0) is 13.0 Å². The van der Waals surface area contributed by atoms with Crippen LogP contribution in [-0.4, -0.2) is 7.85 Å². The molecular formula is C9H10BBr. The maximum atomic E-state index is 3.62. The van der Waals surface area contributed by atoms with Gasteiger partial charge in [-0.15, -0.1) is 0 Å². The number of hydrogen-bond donors (Lipinski definition) is 0. The van der Waals surface area contributed by atoms with Crippen molar-refractivity contribution < 1.29 is 0 Å². The molecule has 0 aliphatic carbocycles. The molecule has 0 saturated heterocycles. The zero-order valence-electron chi connectivity index (χ0n) is 6.82. The first-order valence-electron chi connectivity index (χ1n) is 3.33. The number of hydrogen-bond acceptors (Lipinski definition) is 0. The third kappa shape index (κ3) is 4.69. The second kappa shape index (κ2) is 6.06. The molecule has 0 aliphatic heterocycles.